The molecule has 1 aromatic carbocycles. The largest absolute Gasteiger partial charge is 0.319 e. The number of amides is 1. The van der Waals surface area contributed by atoms with Crippen LogP contribution in [0.2, 0.25) is 5.15 Å². The van der Waals surface area contributed by atoms with Crippen molar-refractivity contribution in [3.63, 3.8) is 0 Å². The van der Waals surface area contributed by atoms with E-state index in [-0.39, 0.29) is 16.8 Å². The van der Waals surface area contributed by atoms with Crippen LogP contribution in [0.3, 0.4) is 0 Å². The molecule has 0 saturated carbocycles. The predicted molar refractivity (Wildman–Crippen MR) is 78.6 cm³/mol. The first kappa shape index (κ1) is 13.3. The van der Waals surface area contributed by atoms with Gasteiger partial charge in [0.1, 0.15) is 10.8 Å². The number of aromatic nitrogens is 4. The van der Waals surface area contributed by atoms with Crippen LogP contribution in [-0.2, 0) is 0 Å². The number of hydrogen-bond acceptors (Lipinski definition) is 4. The molecule has 2 aromatic heterocycles. The van der Waals surface area contributed by atoms with Crippen molar-refractivity contribution in [1.29, 1.82) is 0 Å². The molecule has 0 radical (unpaired) electrons. The second kappa shape index (κ2) is 5.72. The molecule has 7 heteroatoms. The summed E-state index contributed by atoms with van der Waals surface area (Å²) in [5.41, 5.74) is 1.57. The van der Waals surface area contributed by atoms with E-state index >= 15 is 0 Å². The number of carbonyl (C=O) groups excluding carboxylic acids is 1. The second-order valence-corrected chi connectivity index (χ2v) is 4.55. The van der Waals surface area contributed by atoms with Crippen LogP contribution in [-0.4, -0.2) is 25.9 Å². The number of benzene rings is 1. The van der Waals surface area contributed by atoms with E-state index in [1.54, 1.807) is 41.3 Å². The molecule has 0 aliphatic rings. The van der Waals surface area contributed by atoms with E-state index < -0.39 is 0 Å². The third-order valence-electron chi connectivity index (χ3n) is 2.77. The fourth-order valence-electron chi connectivity index (χ4n) is 1.84. The fraction of sp³-hybridized carbons (Fsp3) is 0. The maximum Gasteiger partial charge on any atom is 0.274 e. The lowest BCUT2D eigenvalue weighted by molar-refractivity contribution is 0.102. The van der Waals surface area contributed by atoms with E-state index in [4.69, 9.17) is 11.6 Å². The molecule has 1 N–H and O–H groups in total. The molecule has 21 heavy (non-hydrogen) atoms. The smallest absolute Gasteiger partial charge is 0.274 e. The van der Waals surface area contributed by atoms with Crippen molar-refractivity contribution in [3.05, 3.63) is 65.7 Å². The number of hydrogen-bond donors (Lipinski definition) is 1. The Morgan fingerprint density at radius 1 is 1.14 bits per heavy atom. The number of anilines is 1. The average molecular weight is 300 g/mol. The molecule has 0 atom stereocenters. The van der Waals surface area contributed by atoms with Crippen LogP contribution in [0.25, 0.3) is 5.69 Å². The summed E-state index contributed by atoms with van der Waals surface area (Å²) in [5.74, 6) is -0.343. The summed E-state index contributed by atoms with van der Waals surface area (Å²) in [7, 11) is 0. The quantitative estimate of drug-likeness (QED) is 0.754. The van der Waals surface area contributed by atoms with E-state index in [9.17, 15) is 4.79 Å². The number of para-hydroxylation sites is 2. The average Bonchev–Trinajstić information content (AvgIpc) is 3.02. The first-order valence-electron chi connectivity index (χ1n) is 6.14. The monoisotopic (exact) mass is 299 g/mol. The zero-order chi connectivity index (χ0) is 14.7. The third kappa shape index (κ3) is 2.90. The van der Waals surface area contributed by atoms with Gasteiger partial charge < -0.3 is 5.32 Å². The normalized spacial score (nSPS) is 10.3. The predicted octanol–water partition coefficient (Wildman–Crippen LogP) is 2.57. The van der Waals surface area contributed by atoms with E-state index in [0.29, 0.717) is 11.4 Å². The van der Waals surface area contributed by atoms with Crippen molar-refractivity contribution in [3.8, 4) is 5.69 Å². The van der Waals surface area contributed by atoms with Crippen molar-refractivity contribution >= 4 is 23.2 Å². The van der Waals surface area contributed by atoms with Gasteiger partial charge in [0.25, 0.3) is 5.91 Å². The van der Waals surface area contributed by atoms with Crippen molar-refractivity contribution in [1.82, 2.24) is 20.0 Å². The molecule has 2 heterocycles. The zero-order valence-corrected chi connectivity index (χ0v) is 11.5. The summed E-state index contributed by atoms with van der Waals surface area (Å²) in [5, 5.41) is 10.7. The topological polar surface area (TPSA) is 72.7 Å². The van der Waals surface area contributed by atoms with Crippen molar-refractivity contribution in [2.24, 2.45) is 0 Å². The second-order valence-electron chi connectivity index (χ2n) is 4.16. The van der Waals surface area contributed by atoms with Crippen LogP contribution in [0.1, 0.15) is 10.5 Å². The Morgan fingerprint density at radius 3 is 2.76 bits per heavy atom. The van der Waals surface area contributed by atoms with Crippen LogP contribution in [0.5, 0.6) is 0 Å². The number of nitrogens with one attached hydrogen (secondary N) is 1. The van der Waals surface area contributed by atoms with Gasteiger partial charge in [-0.15, -0.1) is 5.10 Å². The van der Waals surface area contributed by atoms with E-state index in [0.717, 1.165) is 0 Å². The van der Waals surface area contributed by atoms with Gasteiger partial charge in [0, 0.05) is 0 Å². The Kier molecular flexibility index (Phi) is 3.61. The summed E-state index contributed by atoms with van der Waals surface area (Å²) in [6, 6.07) is 12.2. The van der Waals surface area contributed by atoms with Crippen molar-refractivity contribution in [2.75, 3.05) is 5.32 Å². The highest BCUT2D eigenvalue weighted by Gasteiger charge is 2.11. The van der Waals surface area contributed by atoms with Crippen LogP contribution in [0.4, 0.5) is 5.69 Å². The molecule has 3 rings (SSSR count). The highest BCUT2D eigenvalue weighted by molar-refractivity contribution is 6.29. The lowest BCUT2D eigenvalue weighted by atomic mass is 10.2. The minimum Gasteiger partial charge on any atom is -0.319 e. The Labute approximate surface area is 125 Å². The van der Waals surface area contributed by atoms with Gasteiger partial charge in [-0.3, -0.25) is 4.79 Å². The van der Waals surface area contributed by atoms with Crippen LogP contribution >= 0.6 is 11.6 Å². The molecule has 0 saturated heterocycles. The summed E-state index contributed by atoms with van der Waals surface area (Å²) in [6.07, 6.45) is 3.26. The number of pyridine rings is 1. The fourth-order valence-corrected chi connectivity index (χ4v) is 2.00. The summed E-state index contributed by atoms with van der Waals surface area (Å²) in [6.45, 7) is 0. The molecule has 3 aromatic rings. The molecule has 0 unspecified atom stereocenters. The lowest BCUT2D eigenvalue weighted by Gasteiger charge is -2.10. The Hall–Kier alpha value is -2.73. The van der Waals surface area contributed by atoms with Crippen LogP contribution in [0, 0.1) is 0 Å². The Balaban J connectivity index is 1.90. The molecule has 104 valence electrons. The Morgan fingerprint density at radius 2 is 2.00 bits per heavy atom. The molecule has 1 amide bonds. The highest BCUT2D eigenvalue weighted by atomic mass is 35.5. The summed E-state index contributed by atoms with van der Waals surface area (Å²) >= 11 is 5.79. The standard InChI is InChI=1S/C14H10ClN5O/c15-13-7-3-5-11(17-13)14(21)18-10-4-1-2-6-12(10)20-9-8-16-19-20/h1-9H,(H,18,21). The minimum atomic E-state index is -0.343. The van der Waals surface area contributed by atoms with Crippen molar-refractivity contribution in [2.45, 2.75) is 0 Å². The molecular formula is C14H10ClN5O. The number of carbonyl (C=O) groups is 1. The van der Waals surface area contributed by atoms with Gasteiger partial charge in [-0.25, -0.2) is 9.67 Å². The van der Waals surface area contributed by atoms with Gasteiger partial charge in [0.2, 0.25) is 0 Å². The van der Waals surface area contributed by atoms with E-state index in [1.807, 2.05) is 18.2 Å². The maximum atomic E-state index is 12.2. The Bertz CT molecular complexity index is 773. The number of halogens is 1. The highest BCUT2D eigenvalue weighted by Crippen LogP contribution is 2.19. The molecule has 0 aliphatic carbocycles. The van der Waals surface area contributed by atoms with E-state index in [1.165, 1.54) is 0 Å². The van der Waals surface area contributed by atoms with Gasteiger partial charge in [-0.1, -0.05) is 35.0 Å². The molecule has 6 nitrogen and oxygen atoms in total. The molecular weight excluding hydrogens is 290 g/mol. The SMILES string of the molecule is O=C(Nc1ccccc1-n1ccnn1)c1cccc(Cl)n1. The maximum absolute atomic E-state index is 12.2. The van der Waals surface area contributed by atoms with E-state index in [2.05, 4.69) is 20.6 Å². The zero-order valence-electron chi connectivity index (χ0n) is 10.8. The van der Waals surface area contributed by atoms with Gasteiger partial charge in [-0.2, -0.15) is 0 Å². The summed E-state index contributed by atoms with van der Waals surface area (Å²) in [4.78, 5) is 16.2. The van der Waals surface area contributed by atoms with Crippen LogP contribution in [0.15, 0.2) is 54.9 Å². The van der Waals surface area contributed by atoms with Gasteiger partial charge in [0.05, 0.1) is 23.8 Å². The number of nitrogens with zero attached hydrogens (tertiary/aromatic N) is 4. The summed E-state index contributed by atoms with van der Waals surface area (Å²) < 4.78 is 1.57. The molecule has 0 bridgehead atoms. The molecule has 0 aliphatic heterocycles. The molecule has 0 spiro atoms. The van der Waals surface area contributed by atoms with Crippen LogP contribution < -0.4 is 5.32 Å². The molecule has 0 fully saturated rings. The number of rotatable bonds is 3. The van der Waals surface area contributed by atoms with Gasteiger partial charge in [0.15, 0.2) is 0 Å². The van der Waals surface area contributed by atoms with Gasteiger partial charge in [-0.05, 0) is 24.3 Å². The minimum absolute atomic E-state index is 0.246. The lowest BCUT2D eigenvalue weighted by Crippen LogP contribution is -2.15. The third-order valence-corrected chi connectivity index (χ3v) is 2.98. The van der Waals surface area contributed by atoms with Crippen molar-refractivity contribution < 1.29 is 4.79 Å². The first-order valence-corrected chi connectivity index (χ1v) is 6.51. The van der Waals surface area contributed by atoms with Gasteiger partial charge >= 0.3 is 0 Å². The first-order chi connectivity index (χ1) is 10.2.